The van der Waals surface area contributed by atoms with Gasteiger partial charge < -0.3 is 19.8 Å². The lowest BCUT2D eigenvalue weighted by Gasteiger charge is -2.21. The average molecular weight is 350 g/mol. The van der Waals surface area contributed by atoms with E-state index < -0.39 is 24.0 Å². The second kappa shape index (κ2) is 9.25. The first-order valence-electron chi connectivity index (χ1n) is 8.82. The Balaban J connectivity index is 1.77. The van der Waals surface area contributed by atoms with Crippen molar-refractivity contribution in [2.75, 3.05) is 0 Å². The number of hydrogen-bond acceptors (Lipinski definition) is 5. The van der Waals surface area contributed by atoms with E-state index in [0.717, 1.165) is 25.7 Å². The van der Waals surface area contributed by atoms with Crippen molar-refractivity contribution in [1.82, 2.24) is 10.6 Å². The van der Waals surface area contributed by atoms with Gasteiger partial charge in [-0.05, 0) is 38.8 Å². The molecule has 1 saturated carbocycles. The van der Waals surface area contributed by atoms with E-state index in [-0.39, 0.29) is 17.7 Å². The van der Waals surface area contributed by atoms with E-state index in [0.29, 0.717) is 0 Å². The SMILES string of the molecule is C[C@H](NC(=O)c1ccco1)C(=O)O[C@H](C)C(=O)NC1CCCCCC1. The van der Waals surface area contributed by atoms with Gasteiger partial charge in [-0.2, -0.15) is 0 Å². The highest BCUT2D eigenvalue weighted by Gasteiger charge is 2.25. The van der Waals surface area contributed by atoms with Gasteiger partial charge in [-0.3, -0.25) is 9.59 Å². The van der Waals surface area contributed by atoms with E-state index in [9.17, 15) is 14.4 Å². The van der Waals surface area contributed by atoms with E-state index in [1.807, 2.05) is 0 Å². The van der Waals surface area contributed by atoms with Gasteiger partial charge in [0.25, 0.3) is 11.8 Å². The molecule has 2 N–H and O–H groups in total. The number of hydrogen-bond donors (Lipinski definition) is 2. The highest BCUT2D eigenvalue weighted by Crippen LogP contribution is 2.17. The van der Waals surface area contributed by atoms with Crippen molar-refractivity contribution in [3.8, 4) is 0 Å². The number of amides is 2. The average Bonchev–Trinajstić information content (AvgIpc) is 3.00. The fraction of sp³-hybridized carbons (Fsp3) is 0.611. The minimum atomic E-state index is -0.904. The van der Waals surface area contributed by atoms with E-state index in [1.165, 1.54) is 39.0 Å². The zero-order valence-electron chi connectivity index (χ0n) is 14.7. The van der Waals surface area contributed by atoms with Crippen LogP contribution in [0.2, 0.25) is 0 Å². The van der Waals surface area contributed by atoms with Crippen molar-refractivity contribution >= 4 is 17.8 Å². The maximum absolute atomic E-state index is 12.2. The molecule has 7 heteroatoms. The molecule has 2 amide bonds. The highest BCUT2D eigenvalue weighted by atomic mass is 16.5. The smallest absolute Gasteiger partial charge is 0.329 e. The summed E-state index contributed by atoms with van der Waals surface area (Å²) in [5.41, 5.74) is 0. The van der Waals surface area contributed by atoms with Gasteiger partial charge in [-0.1, -0.05) is 25.7 Å². The fourth-order valence-corrected chi connectivity index (χ4v) is 2.81. The van der Waals surface area contributed by atoms with Gasteiger partial charge in [0, 0.05) is 6.04 Å². The van der Waals surface area contributed by atoms with E-state index in [1.54, 1.807) is 6.07 Å². The van der Waals surface area contributed by atoms with Crippen LogP contribution in [-0.2, 0) is 14.3 Å². The van der Waals surface area contributed by atoms with Crippen LogP contribution in [0.4, 0.5) is 0 Å². The first-order valence-corrected chi connectivity index (χ1v) is 8.82. The monoisotopic (exact) mass is 350 g/mol. The van der Waals surface area contributed by atoms with Crippen molar-refractivity contribution < 1.29 is 23.5 Å². The lowest BCUT2D eigenvalue weighted by molar-refractivity contribution is -0.156. The molecule has 138 valence electrons. The molecule has 2 rings (SSSR count). The van der Waals surface area contributed by atoms with E-state index >= 15 is 0 Å². The molecule has 0 aliphatic heterocycles. The Kier molecular flexibility index (Phi) is 7.03. The molecular formula is C18H26N2O5. The Morgan fingerprint density at radius 3 is 2.44 bits per heavy atom. The Morgan fingerprint density at radius 2 is 1.84 bits per heavy atom. The molecule has 1 aliphatic carbocycles. The molecule has 25 heavy (non-hydrogen) atoms. The maximum atomic E-state index is 12.2. The third kappa shape index (κ3) is 5.92. The van der Waals surface area contributed by atoms with Crippen LogP contribution in [0.5, 0.6) is 0 Å². The summed E-state index contributed by atoms with van der Waals surface area (Å²) in [7, 11) is 0. The molecule has 0 bridgehead atoms. The van der Waals surface area contributed by atoms with Crippen LogP contribution >= 0.6 is 0 Å². The summed E-state index contributed by atoms with van der Waals surface area (Å²) in [5.74, 6) is -1.36. The van der Waals surface area contributed by atoms with Crippen molar-refractivity contribution in [3.05, 3.63) is 24.2 Å². The Bertz CT molecular complexity index is 576. The van der Waals surface area contributed by atoms with Gasteiger partial charge in [-0.15, -0.1) is 0 Å². The van der Waals surface area contributed by atoms with E-state index in [4.69, 9.17) is 9.15 Å². The van der Waals surface area contributed by atoms with Gasteiger partial charge in [0.1, 0.15) is 6.04 Å². The summed E-state index contributed by atoms with van der Waals surface area (Å²) in [5, 5.41) is 5.42. The lowest BCUT2D eigenvalue weighted by atomic mass is 10.1. The van der Waals surface area contributed by atoms with Crippen molar-refractivity contribution in [2.24, 2.45) is 0 Å². The third-order valence-electron chi connectivity index (χ3n) is 4.31. The molecular weight excluding hydrogens is 324 g/mol. The van der Waals surface area contributed by atoms with Gasteiger partial charge in [0.05, 0.1) is 6.26 Å². The number of furan rings is 1. The molecule has 1 aromatic heterocycles. The molecule has 0 saturated heterocycles. The molecule has 0 unspecified atom stereocenters. The standard InChI is InChI=1S/C18H26N2O5/c1-12(19-17(22)15-10-7-11-24-15)18(23)25-13(2)16(21)20-14-8-5-3-4-6-9-14/h7,10-14H,3-6,8-9H2,1-2H3,(H,19,22)(H,20,21)/t12-,13+/m0/s1. The van der Waals surface area contributed by atoms with Crippen LogP contribution < -0.4 is 10.6 Å². The van der Waals surface area contributed by atoms with Gasteiger partial charge in [-0.25, -0.2) is 4.79 Å². The second-order valence-corrected chi connectivity index (χ2v) is 6.45. The number of carbonyl (C=O) groups excluding carboxylic acids is 3. The van der Waals surface area contributed by atoms with Crippen LogP contribution in [0.3, 0.4) is 0 Å². The second-order valence-electron chi connectivity index (χ2n) is 6.45. The molecule has 0 aromatic carbocycles. The van der Waals surface area contributed by atoms with Crippen LogP contribution in [0.1, 0.15) is 62.9 Å². The van der Waals surface area contributed by atoms with Gasteiger partial charge in [0.15, 0.2) is 11.9 Å². The quantitative estimate of drug-likeness (QED) is 0.605. The summed E-state index contributed by atoms with van der Waals surface area (Å²) < 4.78 is 10.1. The lowest BCUT2D eigenvalue weighted by Crippen LogP contribution is -2.45. The number of nitrogens with one attached hydrogen (secondary N) is 2. The summed E-state index contributed by atoms with van der Waals surface area (Å²) in [6, 6.07) is 2.34. The predicted octanol–water partition coefficient (Wildman–Crippen LogP) is 2.17. The van der Waals surface area contributed by atoms with Crippen molar-refractivity contribution in [2.45, 2.75) is 70.6 Å². The zero-order valence-corrected chi connectivity index (χ0v) is 14.7. The molecule has 1 aliphatic rings. The number of esters is 1. The molecule has 1 heterocycles. The molecule has 7 nitrogen and oxygen atoms in total. The number of ether oxygens (including phenoxy) is 1. The Labute approximate surface area is 147 Å². The first kappa shape index (κ1) is 19.0. The van der Waals surface area contributed by atoms with Crippen molar-refractivity contribution in [1.29, 1.82) is 0 Å². The number of rotatable bonds is 6. The minimum Gasteiger partial charge on any atom is -0.459 e. The topological polar surface area (TPSA) is 97.6 Å². The fourth-order valence-electron chi connectivity index (χ4n) is 2.81. The summed E-state index contributed by atoms with van der Waals surface area (Å²) in [4.78, 5) is 36.1. The van der Waals surface area contributed by atoms with Crippen LogP contribution in [0.25, 0.3) is 0 Å². The number of carbonyl (C=O) groups is 3. The Hall–Kier alpha value is -2.31. The molecule has 0 spiro atoms. The minimum absolute atomic E-state index is 0.110. The van der Waals surface area contributed by atoms with Crippen LogP contribution in [0, 0.1) is 0 Å². The van der Waals surface area contributed by atoms with Gasteiger partial charge >= 0.3 is 5.97 Å². The molecule has 1 fully saturated rings. The molecule has 0 radical (unpaired) electrons. The van der Waals surface area contributed by atoms with Crippen molar-refractivity contribution in [3.63, 3.8) is 0 Å². The predicted molar refractivity (Wildman–Crippen MR) is 90.8 cm³/mol. The maximum Gasteiger partial charge on any atom is 0.329 e. The third-order valence-corrected chi connectivity index (χ3v) is 4.31. The summed E-state index contributed by atoms with van der Waals surface area (Å²) in [6.45, 7) is 3.03. The van der Waals surface area contributed by atoms with Crippen LogP contribution in [0.15, 0.2) is 22.8 Å². The normalized spacial score (nSPS) is 17.8. The van der Waals surface area contributed by atoms with E-state index in [2.05, 4.69) is 10.6 Å². The molecule has 1 aromatic rings. The Morgan fingerprint density at radius 1 is 1.16 bits per heavy atom. The highest BCUT2D eigenvalue weighted by molar-refractivity contribution is 5.94. The molecule has 2 atom stereocenters. The van der Waals surface area contributed by atoms with Crippen LogP contribution in [-0.4, -0.2) is 36.0 Å². The summed E-state index contributed by atoms with van der Waals surface area (Å²) >= 11 is 0. The summed E-state index contributed by atoms with van der Waals surface area (Å²) in [6.07, 6.45) is 7.00. The first-order chi connectivity index (χ1) is 12.0. The van der Waals surface area contributed by atoms with Gasteiger partial charge in [0.2, 0.25) is 0 Å². The zero-order chi connectivity index (χ0) is 18.2. The largest absolute Gasteiger partial charge is 0.459 e.